The molecule has 0 spiro atoms. The predicted octanol–water partition coefficient (Wildman–Crippen LogP) is 6.69. The highest BCUT2D eigenvalue weighted by Crippen LogP contribution is 2.41. The molecular weight excluding hydrogens is 554 g/mol. The number of ether oxygens (including phenoxy) is 3. The second kappa shape index (κ2) is 13.6. The lowest BCUT2D eigenvalue weighted by atomic mass is 9.93. The molecule has 222 valence electrons. The van der Waals surface area contributed by atoms with Gasteiger partial charge in [0.15, 0.2) is 23.1 Å². The Morgan fingerprint density at radius 1 is 0.881 bits per heavy atom. The van der Waals surface area contributed by atoms with Crippen molar-refractivity contribution in [2.45, 2.75) is 58.3 Å². The maximum Gasteiger partial charge on any atom is 0.263 e. The minimum atomic E-state index is -4.11. The first kappa shape index (κ1) is 30.7. The van der Waals surface area contributed by atoms with Gasteiger partial charge < -0.3 is 14.2 Å². The van der Waals surface area contributed by atoms with Crippen LogP contribution in [0.15, 0.2) is 71.9 Å². The fourth-order valence-electron chi connectivity index (χ4n) is 3.99. The van der Waals surface area contributed by atoms with E-state index in [1.165, 1.54) is 7.11 Å². The molecule has 1 N–H and O–H groups in total. The first-order valence-electron chi connectivity index (χ1n) is 13.8. The normalized spacial score (nSPS) is 11.6. The maximum atomic E-state index is 13.9. The SMILES string of the molecule is CCCCc1ccccc1S(=O)(=O)Nc1nc(-c2ncccn2)nc(OCCC(C)(C)C)c1Oc1ccccc1OC. The van der Waals surface area contributed by atoms with Gasteiger partial charge in [-0.15, -0.1) is 0 Å². The molecule has 11 heteroatoms. The molecule has 42 heavy (non-hydrogen) atoms. The van der Waals surface area contributed by atoms with Crippen molar-refractivity contribution in [3.05, 3.63) is 72.6 Å². The van der Waals surface area contributed by atoms with E-state index in [1.807, 2.05) is 12.1 Å². The highest BCUT2D eigenvalue weighted by atomic mass is 32.2. The molecule has 0 unspecified atom stereocenters. The molecule has 0 saturated heterocycles. The number of unbranched alkanes of at least 4 members (excludes halogenated alkanes) is 1. The predicted molar refractivity (Wildman–Crippen MR) is 162 cm³/mol. The van der Waals surface area contributed by atoms with Crippen LogP contribution in [-0.2, 0) is 16.4 Å². The first-order chi connectivity index (χ1) is 20.1. The lowest BCUT2D eigenvalue weighted by Crippen LogP contribution is -2.18. The van der Waals surface area contributed by atoms with Crippen LogP contribution in [0.3, 0.4) is 0 Å². The maximum absolute atomic E-state index is 13.9. The van der Waals surface area contributed by atoms with Crippen molar-refractivity contribution in [3.8, 4) is 34.8 Å². The van der Waals surface area contributed by atoms with Crippen molar-refractivity contribution in [1.29, 1.82) is 0 Å². The lowest BCUT2D eigenvalue weighted by Gasteiger charge is -2.21. The van der Waals surface area contributed by atoms with Crippen molar-refractivity contribution in [1.82, 2.24) is 19.9 Å². The fraction of sp³-hybridized carbons (Fsp3) is 0.355. The molecule has 0 amide bonds. The summed E-state index contributed by atoms with van der Waals surface area (Å²) in [5.74, 6) is 0.956. The molecule has 0 atom stereocenters. The van der Waals surface area contributed by atoms with Gasteiger partial charge in [0.1, 0.15) is 0 Å². The molecular formula is C31H37N5O5S. The molecule has 2 aromatic heterocycles. The Hall–Kier alpha value is -4.25. The number of aromatic nitrogens is 4. The topological polar surface area (TPSA) is 125 Å². The number of hydrogen-bond donors (Lipinski definition) is 1. The number of nitrogens with zero attached hydrogens (tertiary/aromatic N) is 4. The summed E-state index contributed by atoms with van der Waals surface area (Å²) >= 11 is 0. The van der Waals surface area contributed by atoms with Gasteiger partial charge in [0.2, 0.25) is 11.6 Å². The molecule has 0 radical (unpaired) electrons. The zero-order valence-corrected chi connectivity index (χ0v) is 25.4. The Morgan fingerprint density at radius 3 is 2.26 bits per heavy atom. The molecule has 10 nitrogen and oxygen atoms in total. The summed E-state index contributed by atoms with van der Waals surface area (Å²) in [6, 6.07) is 15.6. The highest BCUT2D eigenvalue weighted by Gasteiger charge is 2.27. The van der Waals surface area contributed by atoms with Crippen LogP contribution in [0.5, 0.6) is 23.1 Å². The molecule has 4 rings (SSSR count). The summed E-state index contributed by atoms with van der Waals surface area (Å²) in [4.78, 5) is 17.8. The third-order valence-electron chi connectivity index (χ3n) is 6.27. The summed E-state index contributed by atoms with van der Waals surface area (Å²) in [6.07, 6.45) is 6.21. The minimum absolute atomic E-state index is 0.0114. The monoisotopic (exact) mass is 591 g/mol. The summed E-state index contributed by atoms with van der Waals surface area (Å²) in [6.45, 7) is 8.65. The molecule has 0 aliphatic heterocycles. The lowest BCUT2D eigenvalue weighted by molar-refractivity contribution is 0.229. The van der Waals surface area contributed by atoms with Gasteiger partial charge in [0.05, 0.1) is 18.6 Å². The van der Waals surface area contributed by atoms with Crippen molar-refractivity contribution >= 4 is 15.8 Å². The Kier molecular flexibility index (Phi) is 9.95. The van der Waals surface area contributed by atoms with Gasteiger partial charge in [-0.05, 0) is 54.5 Å². The van der Waals surface area contributed by atoms with E-state index in [4.69, 9.17) is 14.2 Å². The molecule has 0 bridgehead atoms. The third kappa shape index (κ3) is 7.94. The Morgan fingerprint density at radius 2 is 1.57 bits per heavy atom. The number of hydrogen-bond acceptors (Lipinski definition) is 9. The third-order valence-corrected chi connectivity index (χ3v) is 7.70. The average Bonchev–Trinajstić information content (AvgIpc) is 2.97. The number of anilines is 1. The smallest absolute Gasteiger partial charge is 0.263 e. The van der Waals surface area contributed by atoms with E-state index in [-0.39, 0.29) is 39.4 Å². The van der Waals surface area contributed by atoms with E-state index in [9.17, 15) is 8.42 Å². The van der Waals surface area contributed by atoms with Crippen LogP contribution in [0.4, 0.5) is 5.82 Å². The molecule has 0 aliphatic rings. The van der Waals surface area contributed by atoms with Gasteiger partial charge in [-0.1, -0.05) is 64.4 Å². The quantitative estimate of drug-likeness (QED) is 0.181. The summed E-state index contributed by atoms with van der Waals surface area (Å²) in [5, 5.41) is 0. The second-order valence-corrected chi connectivity index (χ2v) is 12.5. The summed E-state index contributed by atoms with van der Waals surface area (Å²) in [7, 11) is -2.59. The van der Waals surface area contributed by atoms with E-state index in [1.54, 1.807) is 54.9 Å². The molecule has 0 saturated carbocycles. The summed E-state index contributed by atoms with van der Waals surface area (Å²) < 4.78 is 48.3. The van der Waals surface area contributed by atoms with Crippen molar-refractivity contribution in [3.63, 3.8) is 0 Å². The van der Waals surface area contributed by atoms with Crippen LogP contribution in [0.25, 0.3) is 11.6 Å². The van der Waals surface area contributed by atoms with Gasteiger partial charge in [-0.25, -0.2) is 23.4 Å². The zero-order chi connectivity index (χ0) is 30.2. The molecule has 2 aromatic carbocycles. The standard InChI is InChI=1S/C31H37N5O5S/c1-6-7-13-22-14-8-11-17-25(22)42(37,38)36-27-26(41-24-16-10-9-15-23(24)39-5)30(40-21-18-31(2,3)4)35-29(34-27)28-32-19-12-20-33-28/h8-12,14-17,19-20H,6-7,13,18,21H2,1-5H3,(H,34,35,36). The van der Waals surface area contributed by atoms with Crippen LogP contribution in [0, 0.1) is 5.41 Å². The van der Waals surface area contributed by atoms with Crippen LogP contribution in [0.1, 0.15) is 52.5 Å². The number of sulfonamides is 1. The Labute approximate surface area is 247 Å². The molecule has 4 aromatic rings. The Balaban J connectivity index is 1.87. The Bertz CT molecular complexity index is 1590. The van der Waals surface area contributed by atoms with Crippen molar-refractivity contribution < 1.29 is 22.6 Å². The van der Waals surface area contributed by atoms with Gasteiger partial charge in [-0.3, -0.25) is 4.72 Å². The molecule has 0 aliphatic carbocycles. The van der Waals surface area contributed by atoms with Crippen LogP contribution >= 0.6 is 0 Å². The van der Waals surface area contributed by atoms with Crippen LogP contribution in [-0.4, -0.2) is 42.1 Å². The van der Waals surface area contributed by atoms with Gasteiger partial charge in [0, 0.05) is 12.4 Å². The number of para-hydroxylation sites is 2. The highest BCUT2D eigenvalue weighted by molar-refractivity contribution is 7.92. The number of nitrogens with one attached hydrogen (secondary N) is 1. The number of aryl methyl sites for hydroxylation is 1. The first-order valence-corrected chi connectivity index (χ1v) is 15.3. The zero-order valence-electron chi connectivity index (χ0n) is 24.6. The van der Waals surface area contributed by atoms with E-state index >= 15 is 0 Å². The van der Waals surface area contributed by atoms with Crippen LogP contribution < -0.4 is 18.9 Å². The minimum Gasteiger partial charge on any atom is -0.493 e. The number of rotatable bonds is 13. The van der Waals surface area contributed by atoms with Crippen molar-refractivity contribution in [2.24, 2.45) is 5.41 Å². The van der Waals surface area contributed by atoms with E-state index in [0.717, 1.165) is 12.8 Å². The van der Waals surface area contributed by atoms with E-state index < -0.39 is 10.0 Å². The molecule has 0 fully saturated rings. The van der Waals surface area contributed by atoms with Gasteiger partial charge in [0.25, 0.3) is 15.9 Å². The molecule has 2 heterocycles. The number of methoxy groups -OCH3 is 1. The largest absolute Gasteiger partial charge is 0.493 e. The van der Waals surface area contributed by atoms with Gasteiger partial charge in [-0.2, -0.15) is 4.98 Å². The van der Waals surface area contributed by atoms with Crippen LogP contribution in [0.2, 0.25) is 0 Å². The van der Waals surface area contributed by atoms with Crippen molar-refractivity contribution in [2.75, 3.05) is 18.4 Å². The second-order valence-electron chi connectivity index (χ2n) is 10.8. The summed E-state index contributed by atoms with van der Waals surface area (Å²) in [5.41, 5.74) is 0.690. The van der Waals surface area contributed by atoms with E-state index in [2.05, 4.69) is 52.4 Å². The fourth-order valence-corrected chi connectivity index (χ4v) is 5.27. The van der Waals surface area contributed by atoms with E-state index in [0.29, 0.717) is 36.5 Å². The average molecular weight is 592 g/mol. The number of benzene rings is 2. The van der Waals surface area contributed by atoms with Gasteiger partial charge >= 0.3 is 0 Å².